The highest BCUT2D eigenvalue weighted by atomic mass is 32.2. The number of carbonyl (C=O) groups excluding carboxylic acids is 1. The van der Waals surface area contributed by atoms with Gasteiger partial charge in [0.05, 0.1) is 5.69 Å². The van der Waals surface area contributed by atoms with Gasteiger partial charge in [0.1, 0.15) is 11.6 Å². The molecule has 0 aliphatic carbocycles. The van der Waals surface area contributed by atoms with Crippen molar-refractivity contribution in [3.63, 3.8) is 0 Å². The van der Waals surface area contributed by atoms with Gasteiger partial charge in [-0.2, -0.15) is 0 Å². The molecular weight excluding hydrogens is 411 g/mol. The first-order chi connectivity index (χ1) is 15.0. The van der Waals surface area contributed by atoms with Crippen molar-refractivity contribution in [1.82, 2.24) is 4.98 Å². The van der Waals surface area contributed by atoms with Gasteiger partial charge in [0.2, 0.25) is 5.89 Å². The third kappa shape index (κ3) is 5.22. The predicted molar refractivity (Wildman–Crippen MR) is 122 cm³/mol. The molecule has 1 heterocycles. The average Bonchev–Trinajstić information content (AvgIpc) is 3.14. The summed E-state index contributed by atoms with van der Waals surface area (Å²) in [6, 6.07) is 21.2. The number of halogens is 1. The van der Waals surface area contributed by atoms with E-state index in [-0.39, 0.29) is 5.91 Å². The lowest BCUT2D eigenvalue weighted by atomic mass is 10.1. The van der Waals surface area contributed by atoms with Crippen LogP contribution in [0.25, 0.3) is 11.5 Å². The number of hydrogen-bond acceptors (Lipinski definition) is 4. The predicted octanol–water partition coefficient (Wildman–Crippen LogP) is 6.64. The maximum absolute atomic E-state index is 13.3. The van der Waals surface area contributed by atoms with E-state index in [1.54, 1.807) is 48.2 Å². The Morgan fingerprint density at radius 3 is 2.48 bits per heavy atom. The van der Waals surface area contributed by atoms with Gasteiger partial charge in [-0.3, -0.25) is 4.79 Å². The van der Waals surface area contributed by atoms with E-state index in [0.29, 0.717) is 22.9 Å². The number of anilines is 1. The van der Waals surface area contributed by atoms with Crippen molar-refractivity contribution in [2.75, 3.05) is 5.32 Å². The van der Waals surface area contributed by atoms with E-state index in [0.717, 1.165) is 17.0 Å². The number of aromatic nitrogens is 1. The topological polar surface area (TPSA) is 55.1 Å². The van der Waals surface area contributed by atoms with Gasteiger partial charge < -0.3 is 9.73 Å². The number of benzene rings is 3. The van der Waals surface area contributed by atoms with Crippen molar-refractivity contribution in [2.45, 2.75) is 24.5 Å². The van der Waals surface area contributed by atoms with E-state index in [4.69, 9.17) is 4.42 Å². The molecule has 0 bridgehead atoms. The molecule has 0 atom stereocenters. The third-order valence-electron chi connectivity index (χ3n) is 4.77. The van der Waals surface area contributed by atoms with E-state index < -0.39 is 5.82 Å². The quantitative estimate of drug-likeness (QED) is 0.347. The summed E-state index contributed by atoms with van der Waals surface area (Å²) in [4.78, 5) is 18.2. The Labute approximate surface area is 184 Å². The second kappa shape index (κ2) is 9.18. The van der Waals surface area contributed by atoms with E-state index >= 15 is 0 Å². The number of thioether (sulfide) groups is 1. The van der Waals surface area contributed by atoms with Crippen LogP contribution >= 0.6 is 11.8 Å². The molecule has 0 saturated carbocycles. The normalized spacial score (nSPS) is 10.8. The lowest BCUT2D eigenvalue weighted by molar-refractivity contribution is 0.102. The average molecular weight is 433 g/mol. The summed E-state index contributed by atoms with van der Waals surface area (Å²) in [5, 5.41) is 2.69. The molecule has 0 saturated heterocycles. The number of aryl methyl sites for hydroxylation is 2. The molecule has 6 heteroatoms. The summed E-state index contributed by atoms with van der Waals surface area (Å²) < 4.78 is 19.1. The molecule has 0 aliphatic rings. The Bertz CT molecular complexity index is 1200. The maximum Gasteiger partial charge on any atom is 0.255 e. The minimum Gasteiger partial charge on any atom is -0.441 e. The molecular formula is C25H21FN2O2S. The fourth-order valence-electron chi connectivity index (χ4n) is 3.01. The lowest BCUT2D eigenvalue weighted by Crippen LogP contribution is -2.11. The number of carbonyl (C=O) groups is 1. The highest BCUT2D eigenvalue weighted by Crippen LogP contribution is 2.28. The summed E-state index contributed by atoms with van der Waals surface area (Å²) >= 11 is 1.71. The summed E-state index contributed by atoms with van der Waals surface area (Å²) in [6.07, 6.45) is 0. The molecule has 156 valence electrons. The Balaban J connectivity index is 1.43. The van der Waals surface area contributed by atoms with Crippen molar-refractivity contribution in [2.24, 2.45) is 0 Å². The van der Waals surface area contributed by atoms with Gasteiger partial charge in [-0.15, -0.1) is 11.8 Å². The molecule has 4 aromatic rings. The van der Waals surface area contributed by atoms with Gasteiger partial charge in [0.25, 0.3) is 5.91 Å². The van der Waals surface area contributed by atoms with Crippen molar-refractivity contribution >= 4 is 23.4 Å². The van der Waals surface area contributed by atoms with Crippen molar-refractivity contribution in [3.05, 3.63) is 101 Å². The Morgan fingerprint density at radius 1 is 1.03 bits per heavy atom. The fourth-order valence-corrected chi connectivity index (χ4v) is 3.91. The number of oxazole rings is 1. The summed E-state index contributed by atoms with van der Waals surface area (Å²) in [5.41, 5.74) is 3.79. The minimum absolute atomic E-state index is 0.309. The second-order valence-electron chi connectivity index (χ2n) is 7.17. The molecule has 0 spiro atoms. The highest BCUT2D eigenvalue weighted by Gasteiger charge is 2.13. The van der Waals surface area contributed by atoms with Gasteiger partial charge in [0, 0.05) is 27.5 Å². The van der Waals surface area contributed by atoms with Crippen LogP contribution < -0.4 is 5.32 Å². The Kier molecular flexibility index (Phi) is 6.18. The van der Waals surface area contributed by atoms with Crippen LogP contribution in [0.2, 0.25) is 0 Å². The molecule has 1 aromatic heterocycles. The van der Waals surface area contributed by atoms with E-state index in [2.05, 4.69) is 41.5 Å². The zero-order chi connectivity index (χ0) is 21.8. The largest absolute Gasteiger partial charge is 0.441 e. The number of amides is 1. The first kappa shape index (κ1) is 20.9. The van der Waals surface area contributed by atoms with Crippen LogP contribution in [0, 0.1) is 19.7 Å². The monoisotopic (exact) mass is 432 g/mol. The molecule has 0 aliphatic heterocycles. The summed E-state index contributed by atoms with van der Waals surface area (Å²) in [5.74, 6) is 1.31. The van der Waals surface area contributed by atoms with Crippen LogP contribution in [-0.4, -0.2) is 10.9 Å². The van der Waals surface area contributed by atoms with Gasteiger partial charge >= 0.3 is 0 Å². The Hall–Kier alpha value is -3.38. The van der Waals surface area contributed by atoms with Crippen LogP contribution in [0.1, 0.15) is 27.4 Å². The summed E-state index contributed by atoms with van der Waals surface area (Å²) in [7, 11) is 0. The fraction of sp³-hybridized carbons (Fsp3) is 0.120. The van der Waals surface area contributed by atoms with Gasteiger partial charge in [0.15, 0.2) is 0 Å². The molecule has 4 nitrogen and oxygen atoms in total. The van der Waals surface area contributed by atoms with Crippen molar-refractivity contribution < 1.29 is 13.6 Å². The minimum atomic E-state index is -0.399. The van der Waals surface area contributed by atoms with Crippen molar-refractivity contribution in [1.29, 1.82) is 0 Å². The zero-order valence-corrected chi connectivity index (χ0v) is 18.0. The maximum atomic E-state index is 13.3. The first-order valence-corrected chi connectivity index (χ1v) is 10.8. The molecule has 0 fully saturated rings. The molecule has 1 N–H and O–H groups in total. The summed E-state index contributed by atoms with van der Waals surface area (Å²) in [6.45, 7) is 3.97. The Morgan fingerprint density at radius 2 is 1.77 bits per heavy atom. The van der Waals surface area contributed by atoms with Gasteiger partial charge in [-0.25, -0.2) is 9.37 Å². The van der Waals surface area contributed by atoms with E-state index in [9.17, 15) is 9.18 Å². The molecule has 1 amide bonds. The SMILES string of the molecule is Cc1ccc(SCc2nc(-c3ccc(C(=O)Nc4cccc(F)c4)cc3)oc2C)cc1. The van der Waals surface area contributed by atoms with Gasteiger partial charge in [-0.1, -0.05) is 23.8 Å². The molecule has 0 unspecified atom stereocenters. The smallest absolute Gasteiger partial charge is 0.255 e. The molecule has 31 heavy (non-hydrogen) atoms. The molecule has 3 aromatic carbocycles. The second-order valence-corrected chi connectivity index (χ2v) is 8.21. The third-order valence-corrected chi connectivity index (χ3v) is 5.79. The van der Waals surface area contributed by atoms with Crippen LogP contribution in [0.15, 0.2) is 82.1 Å². The van der Waals surface area contributed by atoms with Crippen LogP contribution in [0.5, 0.6) is 0 Å². The highest BCUT2D eigenvalue weighted by molar-refractivity contribution is 7.98. The zero-order valence-electron chi connectivity index (χ0n) is 17.2. The first-order valence-electron chi connectivity index (χ1n) is 9.81. The number of nitrogens with one attached hydrogen (secondary N) is 1. The van der Waals surface area contributed by atoms with E-state index in [1.165, 1.54) is 22.6 Å². The van der Waals surface area contributed by atoms with Crippen molar-refractivity contribution in [3.8, 4) is 11.5 Å². The van der Waals surface area contributed by atoms with Crippen LogP contribution in [0.4, 0.5) is 10.1 Å². The number of rotatable bonds is 6. The van der Waals surface area contributed by atoms with Gasteiger partial charge in [-0.05, 0) is 68.4 Å². The van der Waals surface area contributed by atoms with E-state index in [1.807, 2.05) is 6.92 Å². The van der Waals surface area contributed by atoms with Crippen LogP contribution in [-0.2, 0) is 5.75 Å². The standard InChI is InChI=1S/C25H21FN2O2S/c1-16-6-12-22(13-7-16)31-15-23-17(2)30-25(28-23)19-10-8-18(9-11-19)24(29)27-21-5-3-4-20(26)14-21/h3-14H,15H2,1-2H3,(H,27,29). The number of hydrogen-bond donors (Lipinski definition) is 1. The molecule has 4 rings (SSSR count). The number of nitrogens with zero attached hydrogens (tertiary/aromatic N) is 1. The molecule has 0 radical (unpaired) electrons. The van der Waals surface area contributed by atoms with Crippen LogP contribution in [0.3, 0.4) is 0 Å². The lowest BCUT2D eigenvalue weighted by Gasteiger charge is -2.05.